The lowest BCUT2D eigenvalue weighted by Gasteiger charge is -2.33. The molecule has 3 rings (SSSR count). The van der Waals surface area contributed by atoms with Crippen molar-refractivity contribution in [2.45, 2.75) is 39.0 Å². The van der Waals surface area contributed by atoms with Gasteiger partial charge in [0.1, 0.15) is 5.82 Å². The molecule has 0 saturated carbocycles. The van der Waals surface area contributed by atoms with Gasteiger partial charge in [-0.1, -0.05) is 13.0 Å². The first-order valence-electron chi connectivity index (χ1n) is 8.79. The van der Waals surface area contributed by atoms with Gasteiger partial charge in [-0.3, -0.25) is 9.59 Å². The summed E-state index contributed by atoms with van der Waals surface area (Å²) in [4.78, 5) is 34.0. The van der Waals surface area contributed by atoms with Crippen molar-refractivity contribution in [1.82, 2.24) is 14.9 Å². The number of aromatic nitrogens is 2. The highest BCUT2D eigenvalue weighted by molar-refractivity contribution is 5.83. The van der Waals surface area contributed by atoms with Gasteiger partial charge in [-0.25, -0.2) is 4.98 Å². The molecule has 0 aliphatic carbocycles. The topological polar surface area (TPSA) is 75.3 Å². The number of hydrogen-bond acceptors (Lipinski definition) is 4. The molecular formula is C19H25N3O3. The van der Waals surface area contributed by atoms with Gasteiger partial charge >= 0.3 is 5.97 Å². The summed E-state index contributed by atoms with van der Waals surface area (Å²) in [6.07, 6.45) is 2.08. The third-order valence-electron chi connectivity index (χ3n) is 4.90. The van der Waals surface area contributed by atoms with Crippen LogP contribution >= 0.6 is 0 Å². The number of ether oxygens (including phenoxy) is 1. The summed E-state index contributed by atoms with van der Waals surface area (Å²) in [6.45, 7) is 5.22. The first-order chi connectivity index (χ1) is 12.0. The minimum atomic E-state index is -0.357. The van der Waals surface area contributed by atoms with Crippen LogP contribution in [0.1, 0.15) is 43.5 Å². The Kier molecular flexibility index (Phi) is 5.06. The summed E-state index contributed by atoms with van der Waals surface area (Å²) in [5.41, 5.74) is 3.19. The summed E-state index contributed by atoms with van der Waals surface area (Å²) in [5, 5.41) is 0. The highest BCUT2D eigenvalue weighted by Crippen LogP contribution is 2.28. The van der Waals surface area contributed by atoms with Crippen LogP contribution < -0.4 is 0 Å². The summed E-state index contributed by atoms with van der Waals surface area (Å²) >= 11 is 0. The standard InChI is InChI=1S/C19H25N3O3/c1-12-6-7-15-16(9-12)21-18(20-15)14-5-4-8-22(11-14)19(24)13(2)10-17(23)25-3/h6-7,9,13-14H,4-5,8,10-11H2,1-3H3,(H,20,21)/t13-,14-/m1/s1. The van der Waals surface area contributed by atoms with Gasteiger partial charge in [0.05, 0.1) is 24.6 Å². The number of H-pyrrole nitrogens is 1. The van der Waals surface area contributed by atoms with Gasteiger partial charge in [-0.05, 0) is 37.5 Å². The number of rotatable bonds is 4. The normalized spacial score (nSPS) is 19.0. The lowest BCUT2D eigenvalue weighted by atomic mass is 9.95. The number of aromatic amines is 1. The lowest BCUT2D eigenvalue weighted by Crippen LogP contribution is -2.42. The van der Waals surface area contributed by atoms with Gasteiger partial charge in [0.2, 0.25) is 5.91 Å². The van der Waals surface area contributed by atoms with Crippen molar-refractivity contribution >= 4 is 22.9 Å². The van der Waals surface area contributed by atoms with Gasteiger partial charge in [0.15, 0.2) is 0 Å². The molecule has 1 aromatic heterocycles. The van der Waals surface area contributed by atoms with Crippen LogP contribution in [0.5, 0.6) is 0 Å². The molecule has 1 amide bonds. The molecule has 0 radical (unpaired) electrons. The van der Waals surface area contributed by atoms with Crippen LogP contribution in [0.25, 0.3) is 11.0 Å². The van der Waals surface area contributed by atoms with E-state index in [2.05, 4.69) is 28.8 Å². The second-order valence-electron chi connectivity index (χ2n) is 6.95. The molecule has 1 N–H and O–H groups in total. The van der Waals surface area contributed by atoms with Crippen LogP contribution in [-0.2, 0) is 14.3 Å². The Morgan fingerprint density at radius 3 is 3.00 bits per heavy atom. The molecule has 134 valence electrons. The van der Waals surface area contributed by atoms with E-state index in [0.29, 0.717) is 6.54 Å². The van der Waals surface area contributed by atoms with Gasteiger partial charge in [-0.2, -0.15) is 0 Å². The number of nitrogens with one attached hydrogen (secondary N) is 1. The molecule has 1 aliphatic heterocycles. The highest BCUT2D eigenvalue weighted by Gasteiger charge is 2.30. The molecular weight excluding hydrogens is 318 g/mol. The number of esters is 1. The molecule has 6 nitrogen and oxygen atoms in total. The quantitative estimate of drug-likeness (QED) is 0.866. The van der Waals surface area contributed by atoms with Crippen LogP contribution in [0.2, 0.25) is 0 Å². The Morgan fingerprint density at radius 2 is 2.24 bits per heavy atom. The molecule has 0 unspecified atom stereocenters. The molecule has 1 saturated heterocycles. The zero-order chi connectivity index (χ0) is 18.0. The SMILES string of the molecule is COC(=O)C[C@@H](C)C(=O)N1CCC[C@@H](c2nc3ccc(C)cc3[nH]2)C1. The lowest BCUT2D eigenvalue weighted by molar-refractivity contribution is -0.146. The van der Waals surface area contributed by atoms with Crippen LogP contribution in [0, 0.1) is 12.8 Å². The zero-order valence-corrected chi connectivity index (χ0v) is 15.0. The van der Waals surface area contributed by atoms with E-state index >= 15 is 0 Å². The van der Waals surface area contributed by atoms with E-state index in [0.717, 1.165) is 36.2 Å². The van der Waals surface area contributed by atoms with Crippen molar-refractivity contribution in [2.24, 2.45) is 5.92 Å². The maximum atomic E-state index is 12.6. The number of hydrogen-bond donors (Lipinski definition) is 1. The van der Waals surface area contributed by atoms with Crippen molar-refractivity contribution in [2.75, 3.05) is 20.2 Å². The first kappa shape index (κ1) is 17.5. The maximum absolute atomic E-state index is 12.6. The van der Waals surface area contributed by atoms with Crippen molar-refractivity contribution in [3.8, 4) is 0 Å². The molecule has 0 bridgehead atoms. The Hall–Kier alpha value is -2.37. The largest absolute Gasteiger partial charge is 0.469 e. The van der Waals surface area contributed by atoms with Crippen LogP contribution in [0.3, 0.4) is 0 Å². The Bertz CT molecular complexity index is 783. The zero-order valence-electron chi connectivity index (χ0n) is 15.0. The Morgan fingerprint density at radius 1 is 1.44 bits per heavy atom. The fourth-order valence-electron chi connectivity index (χ4n) is 3.47. The number of benzene rings is 1. The van der Waals surface area contributed by atoms with E-state index in [1.165, 1.54) is 12.7 Å². The van der Waals surface area contributed by atoms with Crippen molar-refractivity contribution in [1.29, 1.82) is 0 Å². The Labute approximate surface area is 147 Å². The number of aryl methyl sites for hydroxylation is 1. The van der Waals surface area contributed by atoms with Crippen LogP contribution in [0.4, 0.5) is 0 Å². The number of amides is 1. The maximum Gasteiger partial charge on any atom is 0.306 e. The molecule has 2 heterocycles. The second kappa shape index (κ2) is 7.25. The van der Waals surface area contributed by atoms with Crippen molar-refractivity contribution in [3.63, 3.8) is 0 Å². The summed E-state index contributed by atoms with van der Waals surface area (Å²) in [7, 11) is 1.35. The van der Waals surface area contributed by atoms with Gasteiger partial charge in [0, 0.05) is 24.9 Å². The number of imidazole rings is 1. The van der Waals surface area contributed by atoms with E-state index < -0.39 is 0 Å². The highest BCUT2D eigenvalue weighted by atomic mass is 16.5. The number of nitrogens with zero attached hydrogens (tertiary/aromatic N) is 2. The average Bonchev–Trinajstić information content (AvgIpc) is 3.04. The first-order valence-corrected chi connectivity index (χ1v) is 8.79. The van der Waals surface area contributed by atoms with E-state index in [1.54, 1.807) is 6.92 Å². The number of carbonyl (C=O) groups is 2. The second-order valence-corrected chi connectivity index (χ2v) is 6.95. The van der Waals surface area contributed by atoms with Gasteiger partial charge in [0.25, 0.3) is 0 Å². The monoisotopic (exact) mass is 343 g/mol. The van der Waals surface area contributed by atoms with Crippen LogP contribution in [-0.4, -0.2) is 46.9 Å². The number of carbonyl (C=O) groups excluding carboxylic acids is 2. The minimum Gasteiger partial charge on any atom is -0.469 e. The number of methoxy groups -OCH3 is 1. The molecule has 2 atom stereocenters. The predicted molar refractivity (Wildman–Crippen MR) is 95.2 cm³/mol. The fourth-order valence-corrected chi connectivity index (χ4v) is 3.47. The summed E-state index contributed by atoms with van der Waals surface area (Å²) in [6, 6.07) is 6.17. The van der Waals surface area contributed by atoms with E-state index in [4.69, 9.17) is 4.98 Å². The van der Waals surface area contributed by atoms with E-state index in [9.17, 15) is 9.59 Å². The van der Waals surface area contributed by atoms with Crippen LogP contribution in [0.15, 0.2) is 18.2 Å². The summed E-state index contributed by atoms with van der Waals surface area (Å²) < 4.78 is 4.67. The number of likely N-dealkylation sites (tertiary alicyclic amines) is 1. The van der Waals surface area contributed by atoms with E-state index in [1.807, 2.05) is 11.0 Å². The van der Waals surface area contributed by atoms with Gasteiger partial charge in [-0.15, -0.1) is 0 Å². The third-order valence-corrected chi connectivity index (χ3v) is 4.90. The number of fused-ring (bicyclic) bond motifs is 1. The molecule has 6 heteroatoms. The molecule has 2 aromatic rings. The molecule has 25 heavy (non-hydrogen) atoms. The third kappa shape index (κ3) is 3.83. The van der Waals surface area contributed by atoms with Crippen molar-refractivity contribution in [3.05, 3.63) is 29.6 Å². The fraction of sp³-hybridized carbons (Fsp3) is 0.526. The Balaban J connectivity index is 1.71. The van der Waals surface area contributed by atoms with E-state index in [-0.39, 0.29) is 30.1 Å². The van der Waals surface area contributed by atoms with Crippen molar-refractivity contribution < 1.29 is 14.3 Å². The predicted octanol–water partition coefficient (Wildman–Crippen LogP) is 2.78. The molecule has 0 spiro atoms. The number of piperidine rings is 1. The minimum absolute atomic E-state index is 0.0158. The smallest absolute Gasteiger partial charge is 0.306 e. The summed E-state index contributed by atoms with van der Waals surface area (Å²) in [5.74, 6) is 0.461. The average molecular weight is 343 g/mol. The molecule has 1 aliphatic rings. The molecule has 1 fully saturated rings. The molecule has 1 aromatic carbocycles. The van der Waals surface area contributed by atoms with Gasteiger partial charge < -0.3 is 14.6 Å².